The molecule has 0 fully saturated rings. The number of aryl methyl sites for hydroxylation is 2. The highest BCUT2D eigenvalue weighted by Crippen LogP contribution is 2.24. The Kier molecular flexibility index (Phi) is 5.26. The summed E-state index contributed by atoms with van der Waals surface area (Å²) in [5.41, 5.74) is 5.38. The summed E-state index contributed by atoms with van der Waals surface area (Å²) in [7, 11) is 0. The summed E-state index contributed by atoms with van der Waals surface area (Å²) < 4.78 is 0. The maximum absolute atomic E-state index is 9.82. The number of phenols is 1. The zero-order chi connectivity index (χ0) is 16.1. The van der Waals surface area contributed by atoms with Gasteiger partial charge in [-0.15, -0.1) is 0 Å². The Morgan fingerprint density at radius 1 is 0.864 bits per heavy atom. The van der Waals surface area contributed by atoms with Crippen LogP contribution in [0.5, 0.6) is 5.75 Å². The molecule has 0 aliphatic heterocycles. The van der Waals surface area contributed by atoms with E-state index < -0.39 is 0 Å². The Balaban J connectivity index is 2.17. The minimum atomic E-state index is 0.390. The molecule has 22 heavy (non-hydrogen) atoms. The lowest BCUT2D eigenvalue weighted by Gasteiger charge is -2.20. The van der Waals surface area contributed by atoms with Gasteiger partial charge in [-0.25, -0.2) is 0 Å². The van der Waals surface area contributed by atoms with Crippen LogP contribution in [0, 0.1) is 13.8 Å². The van der Waals surface area contributed by atoms with E-state index in [9.17, 15) is 5.11 Å². The first-order valence-corrected chi connectivity index (χ1v) is 7.88. The standard InChI is InChI=1S/C20H25NO/c1-5-21(6-2)19-11-9-17(10-12-19)7-8-18-13-15(3)20(22)16(4)14-18/h7-14,22H,5-6H2,1-4H3/b8-7+. The van der Waals surface area contributed by atoms with E-state index >= 15 is 0 Å². The van der Waals surface area contributed by atoms with Gasteiger partial charge in [-0.3, -0.25) is 0 Å². The van der Waals surface area contributed by atoms with Gasteiger partial charge in [0, 0.05) is 18.8 Å². The molecule has 0 radical (unpaired) electrons. The van der Waals surface area contributed by atoms with Crippen molar-refractivity contribution in [2.45, 2.75) is 27.7 Å². The molecule has 2 rings (SSSR count). The molecule has 2 aromatic rings. The van der Waals surface area contributed by atoms with Crippen molar-refractivity contribution >= 4 is 17.8 Å². The molecule has 0 aliphatic rings. The summed E-state index contributed by atoms with van der Waals surface area (Å²) in [6.45, 7) is 10.3. The van der Waals surface area contributed by atoms with Crippen molar-refractivity contribution in [1.29, 1.82) is 0 Å². The Bertz CT molecular complexity index is 629. The fourth-order valence-electron chi connectivity index (χ4n) is 2.66. The van der Waals surface area contributed by atoms with Crippen molar-refractivity contribution in [3.8, 4) is 5.75 Å². The molecule has 2 aromatic carbocycles. The van der Waals surface area contributed by atoms with Gasteiger partial charge in [-0.1, -0.05) is 24.3 Å². The van der Waals surface area contributed by atoms with E-state index in [0.29, 0.717) is 5.75 Å². The third-order valence-electron chi connectivity index (χ3n) is 4.00. The summed E-state index contributed by atoms with van der Waals surface area (Å²) in [5.74, 6) is 0.390. The monoisotopic (exact) mass is 295 g/mol. The van der Waals surface area contributed by atoms with Crippen molar-refractivity contribution in [3.63, 3.8) is 0 Å². The Hall–Kier alpha value is -2.22. The van der Waals surface area contributed by atoms with Crippen LogP contribution in [-0.2, 0) is 0 Å². The number of nitrogens with zero attached hydrogens (tertiary/aromatic N) is 1. The average molecular weight is 295 g/mol. The highest BCUT2D eigenvalue weighted by Gasteiger charge is 2.02. The molecule has 0 spiro atoms. The van der Waals surface area contributed by atoms with E-state index in [1.54, 1.807) is 0 Å². The normalized spacial score (nSPS) is 11.1. The molecule has 0 atom stereocenters. The largest absolute Gasteiger partial charge is 0.507 e. The molecule has 116 valence electrons. The van der Waals surface area contributed by atoms with Crippen LogP contribution in [0.15, 0.2) is 36.4 Å². The number of hydrogen-bond donors (Lipinski definition) is 1. The molecule has 0 bridgehead atoms. The highest BCUT2D eigenvalue weighted by atomic mass is 16.3. The van der Waals surface area contributed by atoms with E-state index in [1.165, 1.54) is 11.3 Å². The molecular weight excluding hydrogens is 270 g/mol. The third-order valence-corrected chi connectivity index (χ3v) is 4.00. The van der Waals surface area contributed by atoms with E-state index in [4.69, 9.17) is 0 Å². The second-order valence-corrected chi connectivity index (χ2v) is 5.60. The van der Waals surface area contributed by atoms with Gasteiger partial charge in [0.15, 0.2) is 0 Å². The number of aromatic hydroxyl groups is 1. The van der Waals surface area contributed by atoms with Gasteiger partial charge in [0.1, 0.15) is 5.75 Å². The summed E-state index contributed by atoms with van der Waals surface area (Å²) in [5, 5.41) is 9.82. The Morgan fingerprint density at radius 3 is 1.86 bits per heavy atom. The lowest BCUT2D eigenvalue weighted by molar-refractivity contribution is 0.467. The van der Waals surface area contributed by atoms with Gasteiger partial charge in [0.05, 0.1) is 0 Å². The lowest BCUT2D eigenvalue weighted by atomic mass is 10.0. The van der Waals surface area contributed by atoms with Crippen LogP contribution in [0.4, 0.5) is 5.69 Å². The first kappa shape index (κ1) is 16.2. The molecular formula is C20H25NO. The van der Waals surface area contributed by atoms with Gasteiger partial charge < -0.3 is 10.0 Å². The number of hydrogen-bond acceptors (Lipinski definition) is 2. The predicted octanol–water partition coefficient (Wildman–Crippen LogP) is 5.03. The van der Waals surface area contributed by atoms with Gasteiger partial charge >= 0.3 is 0 Å². The van der Waals surface area contributed by atoms with Crippen molar-refractivity contribution in [2.24, 2.45) is 0 Å². The first-order valence-electron chi connectivity index (χ1n) is 7.88. The lowest BCUT2D eigenvalue weighted by Crippen LogP contribution is -2.21. The smallest absolute Gasteiger partial charge is 0.121 e. The fourth-order valence-corrected chi connectivity index (χ4v) is 2.66. The zero-order valence-corrected chi connectivity index (χ0v) is 13.9. The molecule has 0 unspecified atom stereocenters. The second kappa shape index (κ2) is 7.17. The van der Waals surface area contributed by atoms with Crippen LogP contribution in [0.1, 0.15) is 36.1 Å². The van der Waals surface area contributed by atoms with Crippen molar-refractivity contribution < 1.29 is 5.11 Å². The van der Waals surface area contributed by atoms with Crippen LogP contribution in [0.3, 0.4) is 0 Å². The number of phenolic OH excluding ortho intramolecular Hbond substituents is 1. The molecule has 2 nitrogen and oxygen atoms in total. The van der Waals surface area contributed by atoms with Crippen LogP contribution >= 0.6 is 0 Å². The minimum absolute atomic E-state index is 0.390. The third kappa shape index (κ3) is 3.70. The van der Waals surface area contributed by atoms with E-state index in [-0.39, 0.29) is 0 Å². The molecule has 1 N–H and O–H groups in total. The zero-order valence-electron chi connectivity index (χ0n) is 13.9. The number of rotatable bonds is 5. The number of benzene rings is 2. The highest BCUT2D eigenvalue weighted by molar-refractivity contribution is 5.71. The van der Waals surface area contributed by atoms with E-state index in [1.807, 2.05) is 26.0 Å². The maximum atomic E-state index is 9.82. The van der Waals surface area contributed by atoms with Gasteiger partial charge in [-0.05, 0) is 74.2 Å². The summed E-state index contributed by atoms with van der Waals surface area (Å²) in [4.78, 5) is 2.33. The molecule has 0 saturated heterocycles. The molecule has 0 saturated carbocycles. The minimum Gasteiger partial charge on any atom is -0.507 e. The van der Waals surface area contributed by atoms with Crippen molar-refractivity contribution in [2.75, 3.05) is 18.0 Å². The van der Waals surface area contributed by atoms with Crippen LogP contribution in [0.2, 0.25) is 0 Å². The molecule has 2 heteroatoms. The first-order chi connectivity index (χ1) is 10.5. The maximum Gasteiger partial charge on any atom is 0.121 e. The Labute approximate surface area is 133 Å². The predicted molar refractivity (Wildman–Crippen MR) is 96.5 cm³/mol. The fraction of sp³-hybridized carbons (Fsp3) is 0.300. The quantitative estimate of drug-likeness (QED) is 0.782. The topological polar surface area (TPSA) is 23.5 Å². The van der Waals surface area contributed by atoms with Crippen molar-refractivity contribution in [3.05, 3.63) is 58.7 Å². The van der Waals surface area contributed by atoms with E-state index in [0.717, 1.165) is 29.8 Å². The summed E-state index contributed by atoms with van der Waals surface area (Å²) >= 11 is 0. The average Bonchev–Trinajstić information content (AvgIpc) is 2.53. The molecule has 0 aromatic heterocycles. The second-order valence-electron chi connectivity index (χ2n) is 5.60. The van der Waals surface area contributed by atoms with Crippen LogP contribution < -0.4 is 4.90 Å². The van der Waals surface area contributed by atoms with Crippen LogP contribution in [-0.4, -0.2) is 18.2 Å². The number of anilines is 1. The SMILES string of the molecule is CCN(CC)c1ccc(/C=C/c2cc(C)c(O)c(C)c2)cc1. The van der Waals surface area contributed by atoms with Crippen LogP contribution in [0.25, 0.3) is 12.2 Å². The van der Waals surface area contributed by atoms with Gasteiger partial charge in [-0.2, -0.15) is 0 Å². The molecule has 0 amide bonds. The molecule has 0 heterocycles. The summed E-state index contributed by atoms with van der Waals surface area (Å²) in [6, 6.07) is 12.6. The molecule has 0 aliphatic carbocycles. The summed E-state index contributed by atoms with van der Waals surface area (Å²) in [6.07, 6.45) is 4.20. The van der Waals surface area contributed by atoms with Gasteiger partial charge in [0.2, 0.25) is 0 Å². The Morgan fingerprint density at radius 2 is 1.36 bits per heavy atom. The van der Waals surface area contributed by atoms with E-state index in [2.05, 4.69) is 55.2 Å². The van der Waals surface area contributed by atoms with Crippen molar-refractivity contribution in [1.82, 2.24) is 0 Å². The van der Waals surface area contributed by atoms with Gasteiger partial charge in [0.25, 0.3) is 0 Å².